The first-order chi connectivity index (χ1) is 13.0. The van der Waals surface area contributed by atoms with Gasteiger partial charge in [0.05, 0.1) is 12.0 Å². The minimum absolute atomic E-state index is 0.0287. The predicted octanol–water partition coefficient (Wildman–Crippen LogP) is 2.61. The molecule has 2 aromatic rings. The first-order valence-corrected chi connectivity index (χ1v) is 8.87. The van der Waals surface area contributed by atoms with E-state index in [4.69, 9.17) is 9.47 Å². The molecule has 1 aromatic carbocycles. The lowest BCUT2D eigenvalue weighted by Gasteiger charge is -2.14. The standard InChI is InChI=1S/C20H20N2O5/c1-3-26-19(25)20-10-14(20)17(20)13-8-11(4-5-16(13)23)27-12-6-7-22-15(9-12)18(24)21-2/h4-9,14,17,23H,3,10H2,1-2H3,(H,21,24). The molecule has 2 fully saturated rings. The monoisotopic (exact) mass is 368 g/mol. The van der Waals surface area contributed by atoms with Crippen LogP contribution in [0.1, 0.15) is 35.3 Å². The highest BCUT2D eigenvalue weighted by atomic mass is 16.5. The number of hydrogen-bond donors (Lipinski definition) is 2. The molecule has 2 aliphatic rings. The Balaban J connectivity index is 1.55. The van der Waals surface area contributed by atoms with Crippen LogP contribution in [0.5, 0.6) is 17.2 Å². The molecule has 0 saturated heterocycles. The topological polar surface area (TPSA) is 97.8 Å². The van der Waals surface area contributed by atoms with Gasteiger partial charge in [0.15, 0.2) is 0 Å². The third-order valence-corrected chi connectivity index (χ3v) is 5.32. The summed E-state index contributed by atoms with van der Waals surface area (Å²) in [7, 11) is 1.53. The van der Waals surface area contributed by atoms with Crippen LogP contribution in [0.3, 0.4) is 0 Å². The maximum Gasteiger partial charge on any atom is 0.313 e. The summed E-state index contributed by atoms with van der Waals surface area (Å²) in [6.45, 7) is 2.14. The molecule has 7 heteroatoms. The normalized spacial score (nSPS) is 24.5. The van der Waals surface area contributed by atoms with Gasteiger partial charge in [-0.25, -0.2) is 0 Å². The second-order valence-electron chi connectivity index (χ2n) is 6.83. The van der Waals surface area contributed by atoms with Gasteiger partial charge in [-0.3, -0.25) is 14.6 Å². The average Bonchev–Trinajstić information content (AvgIpc) is 3.54. The van der Waals surface area contributed by atoms with E-state index in [1.54, 1.807) is 37.3 Å². The fourth-order valence-electron chi connectivity index (χ4n) is 3.74. The van der Waals surface area contributed by atoms with E-state index in [-0.39, 0.29) is 35.2 Å². The summed E-state index contributed by atoms with van der Waals surface area (Å²) in [6, 6.07) is 8.13. The van der Waals surface area contributed by atoms with E-state index in [1.165, 1.54) is 13.2 Å². The summed E-state index contributed by atoms with van der Waals surface area (Å²) in [5.41, 5.74) is 0.478. The molecule has 2 saturated carbocycles. The number of aromatic hydroxyl groups is 1. The lowest BCUT2D eigenvalue weighted by atomic mass is 9.96. The van der Waals surface area contributed by atoms with E-state index in [9.17, 15) is 14.7 Å². The van der Waals surface area contributed by atoms with Crippen LogP contribution >= 0.6 is 0 Å². The number of aromatic nitrogens is 1. The summed E-state index contributed by atoms with van der Waals surface area (Å²) in [4.78, 5) is 27.9. The Hall–Kier alpha value is -3.09. The van der Waals surface area contributed by atoms with Crippen LogP contribution < -0.4 is 10.1 Å². The highest BCUT2D eigenvalue weighted by Gasteiger charge is 2.84. The zero-order chi connectivity index (χ0) is 19.2. The Morgan fingerprint density at radius 2 is 2.07 bits per heavy atom. The van der Waals surface area contributed by atoms with Gasteiger partial charge >= 0.3 is 5.97 Å². The van der Waals surface area contributed by atoms with Gasteiger partial charge < -0.3 is 19.9 Å². The molecule has 1 amide bonds. The number of ether oxygens (including phenoxy) is 2. The van der Waals surface area contributed by atoms with Crippen molar-refractivity contribution in [2.24, 2.45) is 11.3 Å². The number of phenolic OH excluding ortho intramolecular Hbond substituents is 1. The van der Waals surface area contributed by atoms with Crippen molar-refractivity contribution in [1.29, 1.82) is 0 Å². The summed E-state index contributed by atoms with van der Waals surface area (Å²) < 4.78 is 11.0. The summed E-state index contributed by atoms with van der Waals surface area (Å²) in [5.74, 6) is 0.835. The van der Waals surface area contributed by atoms with E-state index >= 15 is 0 Å². The number of rotatable bonds is 6. The molecule has 3 unspecified atom stereocenters. The lowest BCUT2D eigenvalue weighted by Crippen LogP contribution is -2.18. The molecule has 140 valence electrons. The molecular weight excluding hydrogens is 348 g/mol. The lowest BCUT2D eigenvalue weighted by molar-refractivity contribution is -0.147. The predicted molar refractivity (Wildman–Crippen MR) is 95.7 cm³/mol. The molecule has 0 bridgehead atoms. The van der Waals surface area contributed by atoms with Crippen LogP contribution in [0.4, 0.5) is 0 Å². The molecule has 1 heterocycles. The number of benzene rings is 1. The van der Waals surface area contributed by atoms with Gasteiger partial charge in [-0.15, -0.1) is 0 Å². The van der Waals surface area contributed by atoms with Crippen molar-refractivity contribution in [3.05, 3.63) is 47.8 Å². The summed E-state index contributed by atoms with van der Waals surface area (Å²) in [6.07, 6.45) is 2.30. The summed E-state index contributed by atoms with van der Waals surface area (Å²) in [5, 5.41) is 12.8. The van der Waals surface area contributed by atoms with Crippen LogP contribution in [0.25, 0.3) is 0 Å². The van der Waals surface area contributed by atoms with Crippen LogP contribution in [0.15, 0.2) is 36.5 Å². The van der Waals surface area contributed by atoms with E-state index in [0.29, 0.717) is 23.7 Å². The van der Waals surface area contributed by atoms with Gasteiger partial charge in [-0.2, -0.15) is 0 Å². The minimum Gasteiger partial charge on any atom is -0.508 e. The first-order valence-electron chi connectivity index (χ1n) is 8.87. The number of carbonyl (C=O) groups is 2. The van der Waals surface area contributed by atoms with Crippen molar-refractivity contribution >= 4 is 11.9 Å². The molecule has 7 nitrogen and oxygen atoms in total. The van der Waals surface area contributed by atoms with Crippen molar-refractivity contribution in [2.45, 2.75) is 19.3 Å². The number of pyridine rings is 1. The Kier molecular flexibility index (Phi) is 4.02. The van der Waals surface area contributed by atoms with Crippen LogP contribution in [0.2, 0.25) is 0 Å². The maximum atomic E-state index is 12.2. The number of phenols is 1. The largest absolute Gasteiger partial charge is 0.508 e. The Labute approximate surface area is 156 Å². The van der Waals surface area contributed by atoms with E-state index in [1.807, 2.05) is 0 Å². The van der Waals surface area contributed by atoms with E-state index in [0.717, 1.165) is 6.42 Å². The van der Waals surface area contributed by atoms with Gasteiger partial charge in [-0.1, -0.05) is 0 Å². The zero-order valence-electron chi connectivity index (χ0n) is 15.1. The molecule has 1 aromatic heterocycles. The molecule has 2 aliphatic carbocycles. The molecule has 4 rings (SSSR count). The third kappa shape index (κ3) is 2.79. The molecule has 0 spiro atoms. The van der Waals surface area contributed by atoms with Gasteiger partial charge in [0.2, 0.25) is 0 Å². The fraction of sp³-hybridized carbons (Fsp3) is 0.350. The molecule has 0 aliphatic heterocycles. The van der Waals surface area contributed by atoms with Crippen molar-refractivity contribution < 1.29 is 24.2 Å². The Bertz CT molecular complexity index is 928. The SMILES string of the molecule is CCOC(=O)C12CC1C2c1cc(Oc2ccnc(C(=O)NC)c2)ccc1O. The van der Waals surface area contributed by atoms with Crippen molar-refractivity contribution in [3.63, 3.8) is 0 Å². The van der Waals surface area contributed by atoms with Crippen LogP contribution in [-0.2, 0) is 9.53 Å². The molecule has 0 radical (unpaired) electrons. The third-order valence-electron chi connectivity index (χ3n) is 5.32. The number of fused-ring (bicyclic) bond motifs is 1. The number of nitrogens with zero attached hydrogens (tertiary/aromatic N) is 1. The van der Waals surface area contributed by atoms with Crippen molar-refractivity contribution in [1.82, 2.24) is 10.3 Å². The quantitative estimate of drug-likeness (QED) is 0.761. The maximum absolute atomic E-state index is 12.2. The zero-order valence-corrected chi connectivity index (χ0v) is 15.1. The molecule has 27 heavy (non-hydrogen) atoms. The number of amides is 1. The number of esters is 1. The average molecular weight is 368 g/mol. The van der Waals surface area contributed by atoms with Gasteiger partial charge in [0.1, 0.15) is 22.9 Å². The summed E-state index contributed by atoms with van der Waals surface area (Å²) >= 11 is 0. The molecule has 2 N–H and O–H groups in total. The smallest absolute Gasteiger partial charge is 0.313 e. The highest BCUT2D eigenvalue weighted by Crippen LogP contribution is 2.85. The van der Waals surface area contributed by atoms with E-state index in [2.05, 4.69) is 10.3 Å². The number of nitrogens with one attached hydrogen (secondary N) is 1. The second-order valence-corrected chi connectivity index (χ2v) is 6.83. The van der Waals surface area contributed by atoms with Crippen molar-refractivity contribution in [2.75, 3.05) is 13.7 Å². The number of carbonyl (C=O) groups excluding carboxylic acids is 2. The molecule has 3 atom stereocenters. The number of hydrogen-bond acceptors (Lipinski definition) is 6. The van der Waals surface area contributed by atoms with Crippen LogP contribution in [0, 0.1) is 11.3 Å². The molecular formula is C20H20N2O5. The minimum atomic E-state index is -0.463. The second kappa shape index (κ2) is 6.26. The van der Waals surface area contributed by atoms with Crippen LogP contribution in [-0.4, -0.2) is 35.6 Å². The fourth-order valence-corrected chi connectivity index (χ4v) is 3.74. The van der Waals surface area contributed by atoms with Gasteiger partial charge in [0, 0.05) is 30.8 Å². The van der Waals surface area contributed by atoms with Crippen molar-refractivity contribution in [3.8, 4) is 17.2 Å². The Morgan fingerprint density at radius 1 is 1.30 bits per heavy atom. The van der Waals surface area contributed by atoms with Gasteiger partial charge in [0.25, 0.3) is 5.91 Å². The van der Waals surface area contributed by atoms with E-state index < -0.39 is 5.41 Å². The Morgan fingerprint density at radius 3 is 2.78 bits per heavy atom. The highest BCUT2D eigenvalue weighted by molar-refractivity contribution is 5.92. The van der Waals surface area contributed by atoms with Gasteiger partial charge in [-0.05, 0) is 43.5 Å². The first kappa shape index (κ1) is 17.3.